The minimum Gasteiger partial charge on any atom is -0.330 e. The molecule has 0 saturated carbocycles. The first-order chi connectivity index (χ1) is 9.01. The molecule has 0 amide bonds. The molecule has 0 bridgehead atoms. The van der Waals surface area contributed by atoms with Crippen molar-refractivity contribution < 1.29 is 0 Å². The Morgan fingerprint density at radius 3 is 2.16 bits per heavy atom. The summed E-state index contributed by atoms with van der Waals surface area (Å²) < 4.78 is 0. The molecule has 1 unspecified atom stereocenters. The van der Waals surface area contributed by atoms with Crippen molar-refractivity contribution in [2.24, 2.45) is 11.7 Å². The highest BCUT2D eigenvalue weighted by molar-refractivity contribution is 5.44. The van der Waals surface area contributed by atoms with Gasteiger partial charge in [0.15, 0.2) is 0 Å². The molecule has 0 aromatic heterocycles. The van der Waals surface area contributed by atoms with Crippen LogP contribution in [0.3, 0.4) is 0 Å². The van der Waals surface area contributed by atoms with Crippen LogP contribution in [-0.4, -0.2) is 19.6 Å². The quantitative estimate of drug-likeness (QED) is 0.741. The third-order valence-electron chi connectivity index (χ3n) is 4.42. The van der Waals surface area contributed by atoms with Crippen LogP contribution in [0.4, 0.5) is 0 Å². The van der Waals surface area contributed by atoms with Crippen molar-refractivity contribution in [2.75, 3.05) is 19.6 Å². The highest BCUT2D eigenvalue weighted by Crippen LogP contribution is 2.21. The van der Waals surface area contributed by atoms with Crippen LogP contribution in [-0.2, 0) is 6.42 Å². The summed E-state index contributed by atoms with van der Waals surface area (Å²) in [4.78, 5) is 0. The van der Waals surface area contributed by atoms with E-state index in [-0.39, 0.29) is 0 Å². The first kappa shape index (κ1) is 16.2. The van der Waals surface area contributed by atoms with Crippen molar-refractivity contribution in [2.45, 2.75) is 47.5 Å². The fourth-order valence-electron chi connectivity index (χ4n) is 2.59. The number of hydrogen-bond acceptors (Lipinski definition) is 2. The van der Waals surface area contributed by atoms with Gasteiger partial charge in [-0.15, -0.1) is 0 Å². The summed E-state index contributed by atoms with van der Waals surface area (Å²) in [7, 11) is 0. The van der Waals surface area contributed by atoms with Crippen LogP contribution < -0.4 is 11.1 Å². The van der Waals surface area contributed by atoms with Gasteiger partial charge < -0.3 is 11.1 Å². The van der Waals surface area contributed by atoms with E-state index in [1.165, 1.54) is 27.8 Å². The number of hydrogen-bond donors (Lipinski definition) is 2. The van der Waals surface area contributed by atoms with Crippen LogP contribution in [0.25, 0.3) is 0 Å². The van der Waals surface area contributed by atoms with Gasteiger partial charge in [-0.3, -0.25) is 0 Å². The maximum absolute atomic E-state index is 5.72. The van der Waals surface area contributed by atoms with Gasteiger partial charge in [-0.2, -0.15) is 0 Å². The normalized spacial score (nSPS) is 12.7. The second-order valence-electron chi connectivity index (χ2n) is 5.70. The molecule has 0 saturated heterocycles. The summed E-state index contributed by atoms with van der Waals surface area (Å²) in [6.45, 7) is 14.0. The Hall–Kier alpha value is -0.860. The molecule has 2 nitrogen and oxygen atoms in total. The average molecular weight is 262 g/mol. The Balaban J connectivity index is 2.59. The van der Waals surface area contributed by atoms with Gasteiger partial charge in [-0.25, -0.2) is 0 Å². The van der Waals surface area contributed by atoms with Crippen molar-refractivity contribution in [3.8, 4) is 0 Å². The Morgan fingerprint density at radius 2 is 1.68 bits per heavy atom. The summed E-state index contributed by atoms with van der Waals surface area (Å²) in [5.74, 6) is 0.612. The molecule has 0 fully saturated rings. The molecule has 108 valence electrons. The third-order valence-corrected chi connectivity index (χ3v) is 4.42. The highest BCUT2D eigenvalue weighted by Gasteiger charge is 2.08. The van der Waals surface area contributed by atoms with Gasteiger partial charge >= 0.3 is 0 Å². The topological polar surface area (TPSA) is 38.0 Å². The summed E-state index contributed by atoms with van der Waals surface area (Å²) in [5.41, 5.74) is 13.0. The molecule has 19 heavy (non-hydrogen) atoms. The summed E-state index contributed by atoms with van der Waals surface area (Å²) in [5, 5.41) is 3.55. The molecule has 0 spiro atoms. The van der Waals surface area contributed by atoms with Crippen molar-refractivity contribution >= 4 is 0 Å². The van der Waals surface area contributed by atoms with E-state index in [9.17, 15) is 0 Å². The first-order valence-corrected chi connectivity index (χ1v) is 7.48. The molecule has 2 heteroatoms. The molecule has 0 radical (unpaired) electrons. The Bertz CT molecular complexity index is 380. The van der Waals surface area contributed by atoms with Crippen LogP contribution in [0.2, 0.25) is 0 Å². The van der Waals surface area contributed by atoms with E-state index in [1.54, 1.807) is 0 Å². The van der Waals surface area contributed by atoms with Gasteiger partial charge in [0.05, 0.1) is 0 Å². The summed E-state index contributed by atoms with van der Waals surface area (Å²) in [6.07, 6.45) is 2.27. The molecule has 1 aromatic carbocycles. The van der Waals surface area contributed by atoms with Gasteiger partial charge in [-0.1, -0.05) is 19.4 Å². The second-order valence-corrected chi connectivity index (χ2v) is 5.70. The van der Waals surface area contributed by atoms with E-state index in [0.717, 1.165) is 32.5 Å². The van der Waals surface area contributed by atoms with Gasteiger partial charge in [0, 0.05) is 0 Å². The lowest BCUT2D eigenvalue weighted by molar-refractivity contribution is 0.473. The first-order valence-electron chi connectivity index (χ1n) is 7.48. The van der Waals surface area contributed by atoms with E-state index >= 15 is 0 Å². The van der Waals surface area contributed by atoms with Gasteiger partial charge in [0.25, 0.3) is 0 Å². The molecule has 3 N–H and O–H groups in total. The van der Waals surface area contributed by atoms with Crippen LogP contribution in [0.1, 0.15) is 41.2 Å². The molecule has 1 aromatic rings. The molecule has 0 aliphatic carbocycles. The second kappa shape index (κ2) is 7.66. The van der Waals surface area contributed by atoms with Crippen LogP contribution in [0, 0.1) is 33.6 Å². The lowest BCUT2D eigenvalue weighted by Crippen LogP contribution is -2.29. The number of benzene rings is 1. The maximum atomic E-state index is 5.72. The molecule has 1 rings (SSSR count). The molecule has 0 aliphatic rings. The fraction of sp³-hybridized carbons (Fsp3) is 0.647. The van der Waals surface area contributed by atoms with E-state index < -0.39 is 0 Å². The molecular formula is C17H30N2. The van der Waals surface area contributed by atoms with Crippen molar-refractivity contribution in [1.82, 2.24) is 5.32 Å². The Kier molecular flexibility index (Phi) is 6.53. The SMILES string of the molecule is CCC(CN)CNCCc1c(C)c(C)cc(C)c1C. The number of aryl methyl sites for hydroxylation is 2. The van der Waals surface area contributed by atoms with E-state index in [1.807, 2.05) is 0 Å². The van der Waals surface area contributed by atoms with E-state index in [0.29, 0.717) is 5.92 Å². The number of nitrogens with two attached hydrogens (primary N) is 1. The minimum absolute atomic E-state index is 0.612. The predicted molar refractivity (Wildman–Crippen MR) is 84.8 cm³/mol. The van der Waals surface area contributed by atoms with Gasteiger partial charge in [0.2, 0.25) is 0 Å². The van der Waals surface area contributed by atoms with Gasteiger partial charge in [-0.05, 0) is 87.5 Å². The fourth-order valence-corrected chi connectivity index (χ4v) is 2.59. The molecule has 1 atom stereocenters. The smallest absolute Gasteiger partial charge is 0.000802 e. The predicted octanol–water partition coefficient (Wildman–Crippen LogP) is 3.04. The monoisotopic (exact) mass is 262 g/mol. The zero-order valence-electron chi connectivity index (χ0n) is 13.3. The Labute approximate surface area is 118 Å². The van der Waals surface area contributed by atoms with Crippen LogP contribution in [0.15, 0.2) is 6.07 Å². The Morgan fingerprint density at radius 1 is 1.11 bits per heavy atom. The maximum Gasteiger partial charge on any atom is -0.000802 e. The highest BCUT2D eigenvalue weighted by atomic mass is 14.9. The molecule has 0 heterocycles. The lowest BCUT2D eigenvalue weighted by Gasteiger charge is -2.17. The van der Waals surface area contributed by atoms with E-state index in [4.69, 9.17) is 5.73 Å². The van der Waals surface area contributed by atoms with E-state index in [2.05, 4.69) is 46.0 Å². The van der Waals surface area contributed by atoms with Crippen molar-refractivity contribution in [3.05, 3.63) is 33.9 Å². The standard InChI is InChI=1S/C17H30N2/c1-6-16(10-18)11-19-8-7-17-14(4)12(2)9-13(3)15(17)5/h9,16,19H,6-8,10-11,18H2,1-5H3. The summed E-state index contributed by atoms with van der Waals surface area (Å²) in [6, 6.07) is 2.29. The van der Waals surface area contributed by atoms with Crippen molar-refractivity contribution in [1.29, 1.82) is 0 Å². The van der Waals surface area contributed by atoms with Crippen LogP contribution >= 0.6 is 0 Å². The number of rotatable bonds is 7. The van der Waals surface area contributed by atoms with Crippen LogP contribution in [0.5, 0.6) is 0 Å². The summed E-state index contributed by atoms with van der Waals surface area (Å²) >= 11 is 0. The van der Waals surface area contributed by atoms with Gasteiger partial charge in [0.1, 0.15) is 0 Å². The molecular weight excluding hydrogens is 232 g/mol. The third kappa shape index (κ3) is 4.32. The average Bonchev–Trinajstić information content (AvgIpc) is 2.40. The largest absolute Gasteiger partial charge is 0.330 e. The molecule has 0 aliphatic heterocycles. The number of nitrogens with one attached hydrogen (secondary N) is 1. The lowest BCUT2D eigenvalue weighted by atomic mass is 9.92. The zero-order chi connectivity index (χ0) is 14.4. The zero-order valence-corrected chi connectivity index (χ0v) is 13.3. The minimum atomic E-state index is 0.612. The van der Waals surface area contributed by atoms with Crippen molar-refractivity contribution in [3.63, 3.8) is 0 Å².